The minimum Gasteiger partial charge on any atom is -0.494 e. The van der Waals surface area contributed by atoms with Gasteiger partial charge < -0.3 is 14.8 Å². The molecule has 0 bridgehead atoms. The number of ether oxygens (including phenoxy) is 2. The second-order valence-corrected chi connectivity index (χ2v) is 6.83. The van der Waals surface area contributed by atoms with Crippen LogP contribution in [-0.2, 0) is 0 Å². The Morgan fingerprint density at radius 1 is 1.00 bits per heavy atom. The van der Waals surface area contributed by atoms with Gasteiger partial charge in [-0.25, -0.2) is 0 Å². The highest BCUT2D eigenvalue weighted by Crippen LogP contribution is 2.16. The van der Waals surface area contributed by atoms with Gasteiger partial charge in [0, 0.05) is 11.3 Å². The Labute approximate surface area is 166 Å². The smallest absolute Gasteiger partial charge is 0.257 e. The third-order valence-electron chi connectivity index (χ3n) is 3.73. The highest BCUT2D eigenvalue weighted by Gasteiger charge is 2.08. The Hall–Kier alpha value is -2.60. The summed E-state index contributed by atoms with van der Waals surface area (Å²) in [6.45, 7) is 7.52. The van der Waals surface area contributed by atoms with E-state index in [1.165, 1.54) is 0 Å². The molecule has 0 aliphatic carbocycles. The molecule has 0 spiro atoms. The van der Waals surface area contributed by atoms with Gasteiger partial charge in [-0.05, 0) is 80.0 Å². The molecule has 0 heterocycles. The topological polar surface area (TPSA) is 59.6 Å². The Kier molecular flexibility index (Phi) is 8.07. The van der Waals surface area contributed by atoms with Crippen LogP contribution >= 0.6 is 12.2 Å². The number of hydrogen-bond donors (Lipinski definition) is 2. The van der Waals surface area contributed by atoms with Crippen molar-refractivity contribution in [2.45, 2.75) is 27.2 Å². The fourth-order valence-electron chi connectivity index (χ4n) is 2.25. The highest BCUT2D eigenvalue weighted by molar-refractivity contribution is 7.80. The van der Waals surface area contributed by atoms with Gasteiger partial charge in [-0.1, -0.05) is 13.8 Å². The van der Waals surface area contributed by atoms with E-state index in [2.05, 4.69) is 24.5 Å². The zero-order valence-electron chi connectivity index (χ0n) is 16.0. The molecule has 0 atom stereocenters. The van der Waals surface area contributed by atoms with Gasteiger partial charge in [0.1, 0.15) is 11.5 Å². The molecular weight excluding hydrogens is 360 g/mol. The number of nitrogens with one attached hydrogen (secondary N) is 2. The number of hydrogen-bond acceptors (Lipinski definition) is 4. The van der Waals surface area contributed by atoms with E-state index < -0.39 is 0 Å². The summed E-state index contributed by atoms with van der Waals surface area (Å²) in [4.78, 5) is 12.3. The maximum absolute atomic E-state index is 12.3. The Balaban J connectivity index is 1.83. The predicted molar refractivity (Wildman–Crippen MR) is 113 cm³/mol. The minimum absolute atomic E-state index is 0.237. The molecule has 0 unspecified atom stereocenters. The van der Waals surface area contributed by atoms with Crippen LogP contribution in [0.5, 0.6) is 11.5 Å². The predicted octanol–water partition coefficient (Wildman–Crippen LogP) is 4.64. The van der Waals surface area contributed by atoms with Crippen molar-refractivity contribution in [1.29, 1.82) is 0 Å². The molecule has 2 N–H and O–H groups in total. The maximum Gasteiger partial charge on any atom is 0.257 e. The Morgan fingerprint density at radius 2 is 1.59 bits per heavy atom. The maximum atomic E-state index is 12.3. The summed E-state index contributed by atoms with van der Waals surface area (Å²) in [6, 6.07) is 14.4. The number of thiocarbonyl (C=S) groups is 1. The van der Waals surface area contributed by atoms with Gasteiger partial charge in [-0.2, -0.15) is 0 Å². The minimum atomic E-state index is -0.271. The number of rotatable bonds is 8. The van der Waals surface area contributed by atoms with Gasteiger partial charge in [0.25, 0.3) is 5.91 Å². The fourth-order valence-corrected chi connectivity index (χ4v) is 2.46. The Bertz CT molecular complexity index is 743. The molecule has 0 aliphatic heterocycles. The lowest BCUT2D eigenvalue weighted by molar-refractivity contribution is 0.0977. The molecule has 0 radical (unpaired) electrons. The largest absolute Gasteiger partial charge is 0.494 e. The van der Waals surface area contributed by atoms with E-state index in [1.807, 2.05) is 31.2 Å². The summed E-state index contributed by atoms with van der Waals surface area (Å²) >= 11 is 5.20. The van der Waals surface area contributed by atoms with Crippen molar-refractivity contribution in [3.05, 3.63) is 54.1 Å². The molecule has 144 valence electrons. The standard InChI is InChI=1S/C21H26N2O3S/c1-4-25-18-11-7-17(8-12-18)22-21(27)23-20(24)16-5-9-19(10-6-16)26-14-13-15(2)3/h5-12,15H,4,13-14H2,1-3H3,(H2,22,23,24,27). The lowest BCUT2D eigenvalue weighted by Crippen LogP contribution is -2.34. The van der Waals surface area contributed by atoms with E-state index in [0.717, 1.165) is 23.6 Å². The molecule has 2 rings (SSSR count). The van der Waals surface area contributed by atoms with Crippen LogP contribution in [0.15, 0.2) is 48.5 Å². The first-order valence-corrected chi connectivity index (χ1v) is 9.46. The van der Waals surface area contributed by atoms with Crippen molar-refractivity contribution in [2.75, 3.05) is 18.5 Å². The number of carbonyl (C=O) groups excluding carboxylic acids is 1. The van der Waals surface area contributed by atoms with Gasteiger partial charge in [0.2, 0.25) is 0 Å². The average Bonchev–Trinajstić information content (AvgIpc) is 2.64. The lowest BCUT2D eigenvalue weighted by atomic mass is 10.1. The van der Waals surface area contributed by atoms with Crippen LogP contribution in [-0.4, -0.2) is 24.2 Å². The van der Waals surface area contributed by atoms with Crippen LogP contribution in [0.3, 0.4) is 0 Å². The number of benzene rings is 2. The van der Waals surface area contributed by atoms with Crippen LogP contribution in [0.1, 0.15) is 37.6 Å². The van der Waals surface area contributed by atoms with Crippen molar-refractivity contribution < 1.29 is 14.3 Å². The van der Waals surface area contributed by atoms with Gasteiger partial charge in [0.05, 0.1) is 13.2 Å². The van der Waals surface area contributed by atoms with Crippen LogP contribution in [0, 0.1) is 5.92 Å². The van der Waals surface area contributed by atoms with Crippen molar-refractivity contribution in [2.24, 2.45) is 5.92 Å². The molecule has 2 aromatic carbocycles. The quantitative estimate of drug-likeness (QED) is 0.648. The molecule has 27 heavy (non-hydrogen) atoms. The zero-order valence-corrected chi connectivity index (χ0v) is 16.8. The van der Waals surface area contributed by atoms with Crippen LogP contribution in [0.4, 0.5) is 5.69 Å². The van der Waals surface area contributed by atoms with Crippen molar-refractivity contribution in [3.63, 3.8) is 0 Å². The number of anilines is 1. The monoisotopic (exact) mass is 386 g/mol. The molecule has 1 amide bonds. The molecule has 5 nitrogen and oxygen atoms in total. The van der Waals surface area contributed by atoms with Crippen molar-refractivity contribution in [1.82, 2.24) is 5.32 Å². The van der Waals surface area contributed by atoms with Crippen LogP contribution < -0.4 is 20.1 Å². The summed E-state index contributed by atoms with van der Waals surface area (Å²) < 4.78 is 11.1. The molecule has 0 aromatic heterocycles. The van der Waals surface area contributed by atoms with Crippen molar-refractivity contribution in [3.8, 4) is 11.5 Å². The molecule has 6 heteroatoms. The van der Waals surface area contributed by atoms with Crippen LogP contribution in [0.25, 0.3) is 0 Å². The first-order chi connectivity index (χ1) is 13.0. The molecular formula is C21H26N2O3S. The summed E-state index contributed by atoms with van der Waals surface area (Å²) in [5.41, 5.74) is 1.29. The van der Waals surface area contributed by atoms with Gasteiger partial charge >= 0.3 is 0 Å². The first kappa shape index (κ1) is 20.7. The molecule has 0 fully saturated rings. The van der Waals surface area contributed by atoms with E-state index in [9.17, 15) is 4.79 Å². The molecule has 0 aliphatic rings. The van der Waals surface area contributed by atoms with Crippen LogP contribution in [0.2, 0.25) is 0 Å². The highest BCUT2D eigenvalue weighted by atomic mass is 32.1. The lowest BCUT2D eigenvalue weighted by Gasteiger charge is -2.11. The van der Waals surface area contributed by atoms with E-state index >= 15 is 0 Å². The van der Waals surface area contributed by atoms with E-state index in [-0.39, 0.29) is 11.0 Å². The van der Waals surface area contributed by atoms with Gasteiger partial charge in [0.15, 0.2) is 5.11 Å². The second kappa shape index (κ2) is 10.5. The summed E-state index contributed by atoms with van der Waals surface area (Å²) in [6.07, 6.45) is 0.994. The molecule has 2 aromatic rings. The number of carbonyl (C=O) groups is 1. The van der Waals surface area contributed by atoms with E-state index in [1.54, 1.807) is 24.3 Å². The normalized spacial score (nSPS) is 10.4. The van der Waals surface area contributed by atoms with E-state index in [0.29, 0.717) is 24.7 Å². The zero-order chi connectivity index (χ0) is 19.6. The molecule has 0 saturated carbocycles. The summed E-state index contributed by atoms with van der Waals surface area (Å²) in [5, 5.41) is 5.89. The number of amides is 1. The summed E-state index contributed by atoms with van der Waals surface area (Å²) in [5.74, 6) is 1.86. The van der Waals surface area contributed by atoms with Crippen molar-refractivity contribution >= 4 is 28.9 Å². The van der Waals surface area contributed by atoms with Gasteiger partial charge in [-0.15, -0.1) is 0 Å². The van der Waals surface area contributed by atoms with Gasteiger partial charge in [-0.3, -0.25) is 10.1 Å². The SMILES string of the molecule is CCOc1ccc(NC(=S)NC(=O)c2ccc(OCCC(C)C)cc2)cc1. The van der Waals surface area contributed by atoms with E-state index in [4.69, 9.17) is 21.7 Å². The molecule has 0 saturated heterocycles. The first-order valence-electron chi connectivity index (χ1n) is 9.06. The summed E-state index contributed by atoms with van der Waals surface area (Å²) in [7, 11) is 0. The fraction of sp³-hybridized carbons (Fsp3) is 0.333. The Morgan fingerprint density at radius 3 is 2.19 bits per heavy atom. The average molecular weight is 387 g/mol. The third kappa shape index (κ3) is 7.27. The third-order valence-corrected chi connectivity index (χ3v) is 3.93. The second-order valence-electron chi connectivity index (χ2n) is 6.42.